The topological polar surface area (TPSA) is 24.9 Å². The van der Waals surface area contributed by atoms with Gasteiger partial charge in [0.15, 0.2) is 11.5 Å². The van der Waals surface area contributed by atoms with E-state index in [0.717, 1.165) is 35.3 Å². The number of halogens is 1. The van der Waals surface area contributed by atoms with E-state index in [4.69, 9.17) is 21.1 Å². The smallest absolute Gasteiger partial charge is 0.162 e. The molecule has 0 aliphatic carbocycles. The van der Waals surface area contributed by atoms with Crippen molar-refractivity contribution in [1.29, 1.82) is 0 Å². The molecule has 0 saturated carbocycles. The average Bonchev–Trinajstić information content (AvgIpc) is 2.87. The van der Waals surface area contributed by atoms with Gasteiger partial charge in [-0.3, -0.25) is 0 Å². The lowest BCUT2D eigenvalue weighted by atomic mass is 10.1. The van der Waals surface area contributed by atoms with Crippen LogP contribution in [0.5, 0.6) is 11.5 Å². The van der Waals surface area contributed by atoms with Crippen LogP contribution in [-0.2, 0) is 6.54 Å². The second kappa shape index (κ2) is 8.04. The highest BCUT2D eigenvalue weighted by Crippen LogP contribution is 2.34. The number of benzene rings is 1. The molecule has 1 fully saturated rings. The zero-order chi connectivity index (χ0) is 16.1. The Morgan fingerprint density at radius 3 is 2.73 bits per heavy atom. The van der Waals surface area contributed by atoms with Crippen LogP contribution < -0.4 is 9.47 Å². The Hall–Kier alpha value is -0.970. The molecule has 1 aromatic carbocycles. The first kappa shape index (κ1) is 17.4. The summed E-state index contributed by atoms with van der Waals surface area (Å²) in [6.45, 7) is 6.89. The van der Waals surface area contributed by atoms with Gasteiger partial charge in [-0.2, -0.15) is 0 Å². The molecule has 124 valence electrons. The van der Waals surface area contributed by atoms with Crippen molar-refractivity contribution in [1.82, 2.24) is 9.80 Å². The Balaban J connectivity index is 2.03. The molecule has 0 N–H and O–H groups in total. The maximum absolute atomic E-state index is 6.39. The van der Waals surface area contributed by atoms with Crippen LogP contribution in [0.3, 0.4) is 0 Å². The Labute approximate surface area is 138 Å². The largest absolute Gasteiger partial charge is 0.493 e. The van der Waals surface area contributed by atoms with E-state index in [9.17, 15) is 0 Å². The number of ether oxygens (including phenoxy) is 2. The second-order valence-electron chi connectivity index (χ2n) is 6.14. The fourth-order valence-corrected chi connectivity index (χ4v) is 3.31. The Morgan fingerprint density at radius 2 is 2.14 bits per heavy atom. The van der Waals surface area contributed by atoms with Crippen molar-refractivity contribution >= 4 is 11.6 Å². The zero-order valence-corrected chi connectivity index (χ0v) is 14.8. The molecule has 0 bridgehead atoms. The van der Waals surface area contributed by atoms with Crippen LogP contribution in [0.4, 0.5) is 0 Å². The fourth-order valence-electron chi connectivity index (χ4n) is 3.10. The first-order valence-electron chi connectivity index (χ1n) is 7.89. The van der Waals surface area contributed by atoms with Gasteiger partial charge >= 0.3 is 0 Å². The van der Waals surface area contributed by atoms with E-state index in [-0.39, 0.29) is 0 Å². The van der Waals surface area contributed by atoms with E-state index in [1.807, 2.05) is 19.1 Å². The standard InChI is InChI=1S/C17H27ClN2O2/c1-5-22-17-8-14(15(18)9-16(17)21-4)12-20(3)11-13-6-7-19(2)10-13/h8-9,13H,5-7,10-12H2,1-4H3/t13-/m0/s1. The Morgan fingerprint density at radius 1 is 1.36 bits per heavy atom. The Kier molecular flexibility index (Phi) is 6.36. The van der Waals surface area contributed by atoms with Crippen molar-refractivity contribution in [3.05, 3.63) is 22.7 Å². The molecule has 1 heterocycles. The summed E-state index contributed by atoms with van der Waals surface area (Å²) in [6.07, 6.45) is 1.28. The van der Waals surface area contributed by atoms with Crippen LogP contribution in [0.1, 0.15) is 18.9 Å². The molecule has 1 aliphatic rings. The molecule has 22 heavy (non-hydrogen) atoms. The number of rotatable bonds is 7. The summed E-state index contributed by atoms with van der Waals surface area (Å²) in [6, 6.07) is 3.85. The predicted octanol–water partition coefficient (Wildman–Crippen LogP) is 3.13. The van der Waals surface area contributed by atoms with Crippen molar-refractivity contribution in [2.75, 3.05) is 47.4 Å². The van der Waals surface area contributed by atoms with Gasteiger partial charge in [0, 0.05) is 30.7 Å². The van der Waals surface area contributed by atoms with Crippen LogP contribution in [-0.4, -0.2) is 57.2 Å². The third kappa shape index (κ3) is 4.51. The Bertz CT molecular complexity index is 496. The summed E-state index contributed by atoms with van der Waals surface area (Å²) < 4.78 is 11.0. The minimum atomic E-state index is 0.613. The SMILES string of the molecule is CCOc1cc(CN(C)C[C@H]2CCN(C)C2)c(Cl)cc1OC. The van der Waals surface area contributed by atoms with Crippen molar-refractivity contribution in [2.24, 2.45) is 5.92 Å². The first-order chi connectivity index (χ1) is 10.5. The average molecular weight is 327 g/mol. The van der Waals surface area contributed by atoms with E-state index in [0.29, 0.717) is 12.4 Å². The normalized spacial score (nSPS) is 18.9. The van der Waals surface area contributed by atoms with Gasteiger partial charge in [-0.15, -0.1) is 0 Å². The van der Waals surface area contributed by atoms with Crippen LogP contribution in [0.2, 0.25) is 5.02 Å². The molecule has 0 aromatic heterocycles. The predicted molar refractivity (Wildman–Crippen MR) is 91.1 cm³/mol. The molecule has 0 amide bonds. The lowest BCUT2D eigenvalue weighted by molar-refractivity contribution is 0.266. The van der Waals surface area contributed by atoms with Crippen LogP contribution >= 0.6 is 11.6 Å². The highest BCUT2D eigenvalue weighted by molar-refractivity contribution is 6.31. The highest BCUT2D eigenvalue weighted by atomic mass is 35.5. The number of nitrogens with zero attached hydrogens (tertiary/aromatic N) is 2. The summed E-state index contributed by atoms with van der Waals surface area (Å²) in [7, 11) is 5.98. The summed E-state index contributed by atoms with van der Waals surface area (Å²) in [4.78, 5) is 4.74. The molecular weight excluding hydrogens is 300 g/mol. The molecule has 5 heteroatoms. The van der Waals surface area contributed by atoms with Crippen molar-refractivity contribution in [3.63, 3.8) is 0 Å². The minimum Gasteiger partial charge on any atom is -0.493 e. The van der Waals surface area contributed by atoms with Crippen LogP contribution in [0.25, 0.3) is 0 Å². The number of methoxy groups -OCH3 is 1. The zero-order valence-electron chi connectivity index (χ0n) is 14.1. The lowest BCUT2D eigenvalue weighted by Crippen LogP contribution is -2.27. The van der Waals surface area contributed by atoms with E-state index in [1.54, 1.807) is 7.11 Å². The van der Waals surface area contributed by atoms with E-state index >= 15 is 0 Å². The second-order valence-corrected chi connectivity index (χ2v) is 6.55. The van der Waals surface area contributed by atoms with Crippen molar-refractivity contribution in [2.45, 2.75) is 19.9 Å². The van der Waals surface area contributed by atoms with Gasteiger partial charge in [0.2, 0.25) is 0 Å². The molecule has 0 unspecified atom stereocenters. The third-order valence-corrected chi connectivity index (χ3v) is 4.48. The lowest BCUT2D eigenvalue weighted by Gasteiger charge is -2.22. The van der Waals surface area contributed by atoms with Crippen molar-refractivity contribution < 1.29 is 9.47 Å². The molecule has 4 nitrogen and oxygen atoms in total. The highest BCUT2D eigenvalue weighted by Gasteiger charge is 2.21. The number of hydrogen-bond donors (Lipinski definition) is 0. The molecule has 1 aromatic rings. The molecule has 1 aliphatic heterocycles. The molecular formula is C17H27ClN2O2. The summed E-state index contributed by atoms with van der Waals surface area (Å²) in [5.41, 5.74) is 1.08. The van der Waals surface area contributed by atoms with Gasteiger partial charge in [-0.05, 0) is 51.5 Å². The maximum atomic E-state index is 6.39. The molecule has 0 radical (unpaired) electrons. The van der Waals surface area contributed by atoms with Gasteiger partial charge in [-0.25, -0.2) is 0 Å². The van der Waals surface area contributed by atoms with E-state index < -0.39 is 0 Å². The number of hydrogen-bond acceptors (Lipinski definition) is 4. The van der Waals surface area contributed by atoms with Crippen molar-refractivity contribution in [3.8, 4) is 11.5 Å². The van der Waals surface area contributed by atoms with Gasteiger partial charge in [0.05, 0.1) is 13.7 Å². The number of likely N-dealkylation sites (tertiary alicyclic amines) is 1. The monoisotopic (exact) mass is 326 g/mol. The summed E-state index contributed by atoms with van der Waals surface area (Å²) in [5, 5.41) is 0.732. The third-order valence-electron chi connectivity index (χ3n) is 4.13. The van der Waals surface area contributed by atoms with Gasteiger partial charge in [0.1, 0.15) is 0 Å². The molecule has 1 saturated heterocycles. The maximum Gasteiger partial charge on any atom is 0.162 e. The molecule has 2 rings (SSSR count). The van der Waals surface area contributed by atoms with Gasteiger partial charge in [-0.1, -0.05) is 11.6 Å². The molecule has 1 atom stereocenters. The summed E-state index contributed by atoms with van der Waals surface area (Å²) >= 11 is 6.39. The van der Waals surface area contributed by atoms with Crippen LogP contribution in [0.15, 0.2) is 12.1 Å². The minimum absolute atomic E-state index is 0.613. The van der Waals surface area contributed by atoms with Gasteiger partial charge < -0.3 is 19.3 Å². The molecule has 0 spiro atoms. The summed E-state index contributed by atoms with van der Waals surface area (Å²) in [5.74, 6) is 2.20. The van der Waals surface area contributed by atoms with E-state index in [2.05, 4.69) is 23.9 Å². The van der Waals surface area contributed by atoms with Crippen LogP contribution in [0, 0.1) is 5.92 Å². The fraction of sp³-hybridized carbons (Fsp3) is 0.647. The first-order valence-corrected chi connectivity index (χ1v) is 8.27. The van der Waals surface area contributed by atoms with E-state index in [1.165, 1.54) is 19.5 Å². The quantitative estimate of drug-likeness (QED) is 0.768. The van der Waals surface area contributed by atoms with Gasteiger partial charge in [0.25, 0.3) is 0 Å².